The van der Waals surface area contributed by atoms with E-state index in [0.29, 0.717) is 32.1 Å². The largest absolute Gasteiger partial charge is 0.469 e. The standard InChI is InChI=1S/C17H30N2O4/c1-22-17(21)15(14-6-10-23-11-7-14)12-19-16(20)3-2-13-4-8-18-9-5-13/h13-15,18H,2-12H2,1H3,(H,19,20). The SMILES string of the molecule is COC(=O)C(CNC(=O)CCC1CCNCC1)C1CCOCC1. The smallest absolute Gasteiger partial charge is 0.310 e. The Kier molecular flexibility index (Phi) is 7.82. The number of nitrogens with one attached hydrogen (secondary N) is 2. The Hall–Kier alpha value is -1.14. The van der Waals surface area contributed by atoms with Gasteiger partial charge in [0, 0.05) is 26.2 Å². The van der Waals surface area contributed by atoms with Crippen molar-refractivity contribution in [2.75, 3.05) is 40.0 Å². The van der Waals surface area contributed by atoms with Crippen LogP contribution in [0.4, 0.5) is 0 Å². The molecule has 2 rings (SSSR count). The molecule has 2 N–H and O–H groups in total. The van der Waals surface area contributed by atoms with E-state index in [1.54, 1.807) is 0 Å². The maximum Gasteiger partial charge on any atom is 0.310 e. The fraction of sp³-hybridized carbons (Fsp3) is 0.882. The van der Waals surface area contributed by atoms with Gasteiger partial charge in [0.1, 0.15) is 0 Å². The van der Waals surface area contributed by atoms with Gasteiger partial charge in [-0.1, -0.05) is 0 Å². The molecule has 132 valence electrons. The summed E-state index contributed by atoms with van der Waals surface area (Å²) < 4.78 is 10.3. The van der Waals surface area contributed by atoms with E-state index >= 15 is 0 Å². The molecule has 23 heavy (non-hydrogen) atoms. The first-order valence-corrected chi connectivity index (χ1v) is 8.83. The minimum atomic E-state index is -0.258. The fourth-order valence-electron chi connectivity index (χ4n) is 3.53. The number of carbonyl (C=O) groups excluding carboxylic acids is 2. The first-order chi connectivity index (χ1) is 11.2. The third kappa shape index (κ3) is 6.11. The molecular weight excluding hydrogens is 296 g/mol. The average Bonchev–Trinajstić information content (AvgIpc) is 2.61. The van der Waals surface area contributed by atoms with E-state index in [2.05, 4.69) is 10.6 Å². The average molecular weight is 326 g/mol. The highest BCUT2D eigenvalue weighted by Crippen LogP contribution is 2.24. The molecule has 0 bridgehead atoms. The van der Waals surface area contributed by atoms with Crippen LogP contribution in [0.3, 0.4) is 0 Å². The second kappa shape index (κ2) is 9.88. The van der Waals surface area contributed by atoms with Crippen LogP contribution < -0.4 is 10.6 Å². The number of carbonyl (C=O) groups is 2. The zero-order valence-corrected chi connectivity index (χ0v) is 14.1. The van der Waals surface area contributed by atoms with Gasteiger partial charge in [0.15, 0.2) is 0 Å². The Morgan fingerprint density at radius 2 is 1.91 bits per heavy atom. The number of ether oxygens (including phenoxy) is 2. The van der Waals surface area contributed by atoms with E-state index in [4.69, 9.17) is 9.47 Å². The van der Waals surface area contributed by atoms with Gasteiger partial charge < -0.3 is 20.1 Å². The summed E-state index contributed by atoms with van der Waals surface area (Å²) >= 11 is 0. The Balaban J connectivity index is 1.73. The topological polar surface area (TPSA) is 76.7 Å². The number of rotatable bonds is 7. The minimum Gasteiger partial charge on any atom is -0.469 e. The number of hydrogen-bond donors (Lipinski definition) is 2. The van der Waals surface area contributed by atoms with Crippen LogP contribution in [0.15, 0.2) is 0 Å². The van der Waals surface area contributed by atoms with Crippen molar-refractivity contribution in [2.24, 2.45) is 17.8 Å². The van der Waals surface area contributed by atoms with Crippen LogP contribution in [-0.2, 0) is 19.1 Å². The lowest BCUT2D eigenvalue weighted by Gasteiger charge is -2.28. The molecule has 1 unspecified atom stereocenters. The van der Waals surface area contributed by atoms with Crippen molar-refractivity contribution >= 4 is 11.9 Å². The van der Waals surface area contributed by atoms with Crippen molar-refractivity contribution in [1.29, 1.82) is 0 Å². The lowest BCUT2D eigenvalue weighted by Crippen LogP contribution is -2.39. The van der Waals surface area contributed by atoms with Crippen molar-refractivity contribution in [2.45, 2.75) is 38.5 Å². The zero-order valence-electron chi connectivity index (χ0n) is 14.1. The van der Waals surface area contributed by atoms with E-state index in [1.807, 2.05) is 0 Å². The third-order valence-corrected chi connectivity index (χ3v) is 5.10. The highest BCUT2D eigenvalue weighted by Gasteiger charge is 2.31. The Morgan fingerprint density at radius 1 is 1.22 bits per heavy atom. The van der Waals surface area contributed by atoms with Crippen molar-refractivity contribution < 1.29 is 19.1 Å². The van der Waals surface area contributed by atoms with Crippen LogP contribution in [0.25, 0.3) is 0 Å². The summed E-state index contributed by atoms with van der Waals surface area (Å²) in [5.74, 6) is 0.446. The van der Waals surface area contributed by atoms with E-state index in [-0.39, 0.29) is 23.7 Å². The fourth-order valence-corrected chi connectivity index (χ4v) is 3.53. The van der Waals surface area contributed by atoms with E-state index in [1.165, 1.54) is 7.11 Å². The Labute approximate surface area is 138 Å². The molecule has 2 saturated heterocycles. The van der Waals surface area contributed by atoms with Crippen molar-refractivity contribution in [3.05, 3.63) is 0 Å². The second-order valence-electron chi connectivity index (χ2n) is 6.62. The molecule has 2 aliphatic rings. The van der Waals surface area contributed by atoms with Crippen LogP contribution in [0.1, 0.15) is 38.5 Å². The lowest BCUT2D eigenvalue weighted by molar-refractivity contribution is -0.148. The van der Waals surface area contributed by atoms with Gasteiger partial charge in [0.25, 0.3) is 0 Å². The maximum atomic E-state index is 12.1. The quantitative estimate of drug-likeness (QED) is 0.685. The summed E-state index contributed by atoms with van der Waals surface area (Å²) in [6.07, 6.45) is 5.50. The van der Waals surface area contributed by atoms with Gasteiger partial charge in [-0.05, 0) is 57.0 Å². The highest BCUT2D eigenvalue weighted by atomic mass is 16.5. The number of hydrogen-bond acceptors (Lipinski definition) is 5. The summed E-state index contributed by atoms with van der Waals surface area (Å²) in [5.41, 5.74) is 0. The molecule has 1 atom stereocenters. The molecule has 2 heterocycles. The van der Waals surface area contributed by atoms with Gasteiger partial charge in [0.05, 0.1) is 13.0 Å². The summed E-state index contributed by atoms with van der Waals surface area (Å²) in [4.78, 5) is 24.1. The van der Waals surface area contributed by atoms with Crippen LogP contribution in [0, 0.1) is 17.8 Å². The summed E-state index contributed by atoms with van der Waals surface area (Å²) in [6.45, 7) is 3.85. The Bertz CT molecular complexity index is 377. The van der Waals surface area contributed by atoms with Crippen LogP contribution in [0.2, 0.25) is 0 Å². The van der Waals surface area contributed by atoms with Gasteiger partial charge in [-0.2, -0.15) is 0 Å². The Morgan fingerprint density at radius 3 is 2.57 bits per heavy atom. The zero-order chi connectivity index (χ0) is 16.5. The van der Waals surface area contributed by atoms with Crippen molar-refractivity contribution in [3.63, 3.8) is 0 Å². The molecule has 0 aliphatic carbocycles. The molecule has 0 saturated carbocycles. The van der Waals surface area contributed by atoms with Gasteiger partial charge in [-0.3, -0.25) is 9.59 Å². The molecule has 0 aromatic heterocycles. The second-order valence-corrected chi connectivity index (χ2v) is 6.62. The third-order valence-electron chi connectivity index (χ3n) is 5.10. The molecule has 0 aromatic carbocycles. The summed E-state index contributed by atoms with van der Waals surface area (Å²) in [6, 6.07) is 0. The van der Waals surface area contributed by atoms with E-state index < -0.39 is 0 Å². The number of piperidine rings is 1. The summed E-state index contributed by atoms with van der Waals surface area (Å²) in [5, 5.41) is 6.27. The molecule has 2 fully saturated rings. The molecule has 6 heteroatoms. The number of esters is 1. The first kappa shape index (κ1) is 18.2. The van der Waals surface area contributed by atoms with E-state index in [9.17, 15) is 9.59 Å². The molecule has 2 aliphatic heterocycles. The molecule has 0 radical (unpaired) electrons. The minimum absolute atomic E-state index is 0.0458. The van der Waals surface area contributed by atoms with Crippen LogP contribution >= 0.6 is 0 Å². The van der Waals surface area contributed by atoms with Gasteiger partial charge in [0.2, 0.25) is 5.91 Å². The first-order valence-electron chi connectivity index (χ1n) is 8.83. The molecule has 0 spiro atoms. The van der Waals surface area contributed by atoms with Gasteiger partial charge in [-0.25, -0.2) is 0 Å². The van der Waals surface area contributed by atoms with E-state index in [0.717, 1.165) is 45.2 Å². The molecule has 1 amide bonds. The predicted octanol–water partition coefficient (Wildman–Crippen LogP) is 1.10. The monoisotopic (exact) mass is 326 g/mol. The lowest BCUT2D eigenvalue weighted by atomic mass is 9.86. The molecule has 0 aromatic rings. The number of amides is 1. The highest BCUT2D eigenvalue weighted by molar-refractivity contribution is 5.78. The van der Waals surface area contributed by atoms with Gasteiger partial charge in [-0.15, -0.1) is 0 Å². The summed E-state index contributed by atoms with van der Waals surface area (Å²) in [7, 11) is 1.41. The van der Waals surface area contributed by atoms with Crippen LogP contribution in [-0.4, -0.2) is 51.8 Å². The van der Waals surface area contributed by atoms with Crippen LogP contribution in [0.5, 0.6) is 0 Å². The van der Waals surface area contributed by atoms with Gasteiger partial charge >= 0.3 is 5.97 Å². The van der Waals surface area contributed by atoms with Crippen molar-refractivity contribution in [1.82, 2.24) is 10.6 Å². The number of methoxy groups -OCH3 is 1. The normalized spacial score (nSPS) is 21.6. The van der Waals surface area contributed by atoms with Crippen molar-refractivity contribution in [3.8, 4) is 0 Å². The molecule has 6 nitrogen and oxygen atoms in total. The maximum absolute atomic E-state index is 12.1. The molecular formula is C17H30N2O4. The predicted molar refractivity (Wildman–Crippen MR) is 86.9 cm³/mol.